The van der Waals surface area contributed by atoms with Gasteiger partial charge in [0, 0.05) is 31.5 Å². The van der Waals surface area contributed by atoms with Gasteiger partial charge >= 0.3 is 0 Å². The van der Waals surface area contributed by atoms with Crippen LogP contribution < -0.4 is 4.90 Å². The number of nitrogens with zero attached hydrogens (tertiary/aromatic N) is 3. The maximum absolute atomic E-state index is 11.0. The van der Waals surface area contributed by atoms with Crippen LogP contribution in [0.4, 0.5) is 11.4 Å². The molecule has 2 rings (SSSR count). The normalized spacial score (nSPS) is 18.6. The van der Waals surface area contributed by atoms with E-state index in [4.69, 9.17) is 10.4 Å². The van der Waals surface area contributed by atoms with Crippen LogP contribution in [0.2, 0.25) is 0 Å². The maximum Gasteiger partial charge on any atom is 0.289 e. The third kappa shape index (κ3) is 3.06. The van der Waals surface area contributed by atoms with E-state index in [0.29, 0.717) is 5.92 Å². The highest BCUT2D eigenvalue weighted by molar-refractivity contribution is 5.60. The van der Waals surface area contributed by atoms with Crippen molar-refractivity contribution in [1.82, 2.24) is 0 Å². The van der Waals surface area contributed by atoms with E-state index in [1.807, 2.05) is 6.07 Å². The van der Waals surface area contributed by atoms with Crippen LogP contribution in [-0.2, 0) is 0 Å². The fraction of sp³-hybridized carbons (Fsp3) is 0.500. The number of hydrogen-bond acceptors (Lipinski definition) is 5. The lowest BCUT2D eigenvalue weighted by Gasteiger charge is -2.34. The first-order valence-electron chi connectivity index (χ1n) is 6.70. The number of benzene rings is 1. The highest BCUT2D eigenvalue weighted by Gasteiger charge is 2.22. The van der Waals surface area contributed by atoms with Crippen LogP contribution in [0, 0.1) is 27.4 Å². The molecule has 0 saturated carbocycles. The van der Waals surface area contributed by atoms with Crippen molar-refractivity contribution in [3.8, 4) is 6.07 Å². The minimum Gasteiger partial charge on any atom is -0.396 e. The van der Waals surface area contributed by atoms with Gasteiger partial charge in [-0.1, -0.05) is 0 Å². The number of nitro groups is 1. The zero-order valence-corrected chi connectivity index (χ0v) is 11.2. The summed E-state index contributed by atoms with van der Waals surface area (Å²) in [6, 6.07) is 6.57. The fourth-order valence-electron chi connectivity index (χ4n) is 2.68. The first-order valence-corrected chi connectivity index (χ1v) is 6.70. The van der Waals surface area contributed by atoms with Gasteiger partial charge in [0.15, 0.2) is 0 Å². The Morgan fingerprint density at radius 3 is 3.00 bits per heavy atom. The van der Waals surface area contributed by atoms with E-state index in [2.05, 4.69) is 4.90 Å². The predicted octanol–water partition coefficient (Wildman–Crippen LogP) is 2.07. The van der Waals surface area contributed by atoms with Gasteiger partial charge in [-0.25, -0.2) is 0 Å². The molecule has 0 aliphatic carbocycles. The molecule has 1 unspecified atom stereocenters. The highest BCUT2D eigenvalue weighted by Crippen LogP contribution is 2.29. The summed E-state index contributed by atoms with van der Waals surface area (Å²) in [7, 11) is 0. The number of anilines is 1. The van der Waals surface area contributed by atoms with Gasteiger partial charge in [0.1, 0.15) is 11.6 Å². The zero-order chi connectivity index (χ0) is 14.5. The second-order valence-corrected chi connectivity index (χ2v) is 5.04. The van der Waals surface area contributed by atoms with E-state index in [0.717, 1.165) is 38.0 Å². The van der Waals surface area contributed by atoms with Gasteiger partial charge in [0.2, 0.25) is 0 Å². The summed E-state index contributed by atoms with van der Waals surface area (Å²) in [6.45, 7) is 1.82. The summed E-state index contributed by atoms with van der Waals surface area (Å²) in [5, 5.41) is 28.9. The second-order valence-electron chi connectivity index (χ2n) is 5.04. The second kappa shape index (κ2) is 6.35. The van der Waals surface area contributed by atoms with Gasteiger partial charge in [0.25, 0.3) is 5.69 Å². The van der Waals surface area contributed by atoms with Crippen molar-refractivity contribution in [2.24, 2.45) is 5.92 Å². The topological polar surface area (TPSA) is 90.4 Å². The molecule has 1 saturated heterocycles. The molecule has 1 atom stereocenters. The third-order valence-electron chi connectivity index (χ3n) is 3.72. The molecular formula is C14H17N3O3. The molecule has 1 fully saturated rings. The van der Waals surface area contributed by atoms with Crippen molar-refractivity contribution in [2.75, 3.05) is 24.6 Å². The Bertz CT molecular complexity index is 537. The monoisotopic (exact) mass is 275 g/mol. The van der Waals surface area contributed by atoms with E-state index in [9.17, 15) is 10.1 Å². The molecule has 0 amide bonds. The standard InChI is InChI=1S/C14H17N3O3/c15-9-12-3-4-13(8-14(12)17(19)20)16-6-1-2-11(10-16)5-7-18/h3-4,8,11,18H,1-2,5-7,10H2. The van der Waals surface area contributed by atoms with E-state index < -0.39 is 4.92 Å². The smallest absolute Gasteiger partial charge is 0.289 e. The quantitative estimate of drug-likeness (QED) is 0.671. The average molecular weight is 275 g/mol. The average Bonchev–Trinajstić information content (AvgIpc) is 2.47. The van der Waals surface area contributed by atoms with Gasteiger partial charge in [0.05, 0.1) is 4.92 Å². The number of nitriles is 1. The van der Waals surface area contributed by atoms with Crippen LogP contribution in [0.25, 0.3) is 0 Å². The summed E-state index contributed by atoms with van der Waals surface area (Å²) >= 11 is 0. The van der Waals surface area contributed by atoms with Gasteiger partial charge in [-0.15, -0.1) is 0 Å². The molecule has 0 bridgehead atoms. The van der Waals surface area contributed by atoms with Crippen molar-refractivity contribution < 1.29 is 10.0 Å². The van der Waals surface area contributed by atoms with Crippen LogP contribution in [0.15, 0.2) is 18.2 Å². The van der Waals surface area contributed by atoms with Crippen LogP contribution in [-0.4, -0.2) is 29.7 Å². The first kappa shape index (κ1) is 14.3. The fourth-order valence-corrected chi connectivity index (χ4v) is 2.68. The minimum absolute atomic E-state index is 0.0858. The van der Waals surface area contributed by atoms with E-state index in [1.165, 1.54) is 12.1 Å². The van der Waals surface area contributed by atoms with Crippen molar-refractivity contribution in [3.63, 3.8) is 0 Å². The molecular weight excluding hydrogens is 258 g/mol. The van der Waals surface area contributed by atoms with Crippen LogP contribution >= 0.6 is 0 Å². The molecule has 1 heterocycles. The summed E-state index contributed by atoms with van der Waals surface area (Å²) in [5.74, 6) is 0.420. The van der Waals surface area contributed by atoms with Crippen molar-refractivity contribution in [1.29, 1.82) is 5.26 Å². The number of aliphatic hydroxyl groups excluding tert-OH is 1. The molecule has 1 aromatic carbocycles. The molecule has 1 aliphatic rings. The van der Waals surface area contributed by atoms with E-state index in [1.54, 1.807) is 6.07 Å². The Balaban J connectivity index is 2.22. The molecule has 1 aliphatic heterocycles. The Morgan fingerprint density at radius 1 is 1.55 bits per heavy atom. The highest BCUT2D eigenvalue weighted by atomic mass is 16.6. The van der Waals surface area contributed by atoms with Gasteiger partial charge in [-0.2, -0.15) is 5.26 Å². The summed E-state index contributed by atoms with van der Waals surface area (Å²) in [5.41, 5.74) is 0.718. The molecule has 1 aromatic rings. The predicted molar refractivity (Wildman–Crippen MR) is 74.5 cm³/mol. The summed E-state index contributed by atoms with van der Waals surface area (Å²) < 4.78 is 0. The number of nitro benzene ring substituents is 1. The zero-order valence-electron chi connectivity index (χ0n) is 11.2. The van der Waals surface area contributed by atoms with Gasteiger partial charge < -0.3 is 10.0 Å². The SMILES string of the molecule is N#Cc1ccc(N2CCCC(CCO)C2)cc1[N+](=O)[O-]. The Morgan fingerprint density at radius 2 is 2.35 bits per heavy atom. The lowest BCUT2D eigenvalue weighted by molar-refractivity contribution is -0.385. The van der Waals surface area contributed by atoms with Gasteiger partial charge in [-0.3, -0.25) is 10.1 Å². The summed E-state index contributed by atoms with van der Waals surface area (Å²) in [6.07, 6.45) is 2.85. The molecule has 6 nitrogen and oxygen atoms in total. The molecule has 20 heavy (non-hydrogen) atoms. The van der Waals surface area contributed by atoms with E-state index in [-0.39, 0.29) is 17.9 Å². The molecule has 0 radical (unpaired) electrons. The molecule has 1 N–H and O–H groups in total. The molecule has 0 spiro atoms. The Hall–Kier alpha value is -2.13. The minimum atomic E-state index is -0.517. The van der Waals surface area contributed by atoms with Crippen LogP contribution in [0.3, 0.4) is 0 Å². The molecule has 0 aromatic heterocycles. The Kier molecular flexibility index (Phi) is 4.53. The molecule has 106 valence electrons. The van der Waals surface area contributed by atoms with Crippen LogP contribution in [0.1, 0.15) is 24.8 Å². The van der Waals surface area contributed by atoms with Crippen molar-refractivity contribution in [3.05, 3.63) is 33.9 Å². The number of aliphatic hydroxyl groups is 1. The van der Waals surface area contributed by atoms with Crippen LogP contribution in [0.5, 0.6) is 0 Å². The number of piperidine rings is 1. The lowest BCUT2D eigenvalue weighted by Crippen LogP contribution is -2.35. The summed E-state index contributed by atoms with van der Waals surface area (Å²) in [4.78, 5) is 12.6. The molecule has 6 heteroatoms. The maximum atomic E-state index is 11.0. The van der Waals surface area contributed by atoms with Gasteiger partial charge in [-0.05, 0) is 37.3 Å². The Labute approximate surface area is 117 Å². The van der Waals surface area contributed by atoms with Crippen molar-refractivity contribution in [2.45, 2.75) is 19.3 Å². The number of rotatable bonds is 4. The third-order valence-corrected chi connectivity index (χ3v) is 3.72. The number of hydrogen-bond donors (Lipinski definition) is 1. The first-order chi connectivity index (χ1) is 9.65. The van der Waals surface area contributed by atoms with Crippen molar-refractivity contribution >= 4 is 11.4 Å². The lowest BCUT2D eigenvalue weighted by atomic mass is 9.94. The largest absolute Gasteiger partial charge is 0.396 e. The van der Waals surface area contributed by atoms with E-state index >= 15 is 0 Å².